The fourth-order valence-corrected chi connectivity index (χ4v) is 3.37. The molecular weight excluding hydrogens is 368 g/mol. The van der Waals surface area contributed by atoms with Gasteiger partial charge in [0.2, 0.25) is 5.91 Å². The van der Waals surface area contributed by atoms with Gasteiger partial charge in [0.1, 0.15) is 5.75 Å². The summed E-state index contributed by atoms with van der Waals surface area (Å²) < 4.78 is 10.4. The van der Waals surface area contributed by atoms with Crippen LogP contribution in [-0.4, -0.2) is 42.9 Å². The SMILES string of the molecule is CN(Cc1cccs1)C(=O)COC(=O)COc1ccc2c(c1)CCC(=O)N2. The van der Waals surface area contributed by atoms with Gasteiger partial charge in [-0.2, -0.15) is 0 Å². The number of carbonyl (C=O) groups excluding carboxylic acids is 3. The van der Waals surface area contributed by atoms with E-state index in [0.717, 1.165) is 16.1 Å². The van der Waals surface area contributed by atoms with Gasteiger partial charge in [0.25, 0.3) is 5.91 Å². The molecule has 0 saturated carbocycles. The molecule has 2 aromatic rings. The van der Waals surface area contributed by atoms with E-state index in [9.17, 15) is 14.4 Å². The summed E-state index contributed by atoms with van der Waals surface area (Å²) in [6, 6.07) is 9.08. The fraction of sp³-hybridized carbons (Fsp3) is 0.316. The van der Waals surface area contributed by atoms with Gasteiger partial charge in [0, 0.05) is 24.0 Å². The minimum absolute atomic E-state index is 0.00606. The quantitative estimate of drug-likeness (QED) is 0.735. The summed E-state index contributed by atoms with van der Waals surface area (Å²) in [4.78, 5) is 37.8. The van der Waals surface area contributed by atoms with Crippen molar-refractivity contribution in [2.75, 3.05) is 25.6 Å². The number of likely N-dealkylation sites (N-methyl/N-ethyl adjacent to an activating group) is 1. The number of hydrogen-bond donors (Lipinski definition) is 1. The molecule has 0 saturated heterocycles. The highest BCUT2D eigenvalue weighted by Gasteiger charge is 2.16. The molecule has 7 nitrogen and oxygen atoms in total. The van der Waals surface area contributed by atoms with Gasteiger partial charge >= 0.3 is 5.97 Å². The normalized spacial score (nSPS) is 12.7. The monoisotopic (exact) mass is 388 g/mol. The highest BCUT2D eigenvalue weighted by Crippen LogP contribution is 2.26. The van der Waals surface area contributed by atoms with Gasteiger partial charge in [-0.25, -0.2) is 4.79 Å². The van der Waals surface area contributed by atoms with Crippen LogP contribution < -0.4 is 10.1 Å². The van der Waals surface area contributed by atoms with Crippen LogP contribution in [0.4, 0.5) is 5.69 Å². The molecule has 0 spiro atoms. The van der Waals surface area contributed by atoms with E-state index in [4.69, 9.17) is 9.47 Å². The largest absolute Gasteiger partial charge is 0.482 e. The Morgan fingerprint density at radius 2 is 2.07 bits per heavy atom. The van der Waals surface area contributed by atoms with Gasteiger partial charge in [-0.1, -0.05) is 6.07 Å². The van der Waals surface area contributed by atoms with Gasteiger partial charge in [-0.15, -0.1) is 11.3 Å². The van der Waals surface area contributed by atoms with Crippen molar-refractivity contribution in [3.63, 3.8) is 0 Å². The number of aryl methyl sites for hydroxylation is 1. The number of hydrogen-bond acceptors (Lipinski definition) is 6. The van der Waals surface area contributed by atoms with E-state index in [-0.39, 0.29) is 25.0 Å². The Bertz CT molecular complexity index is 835. The zero-order valence-corrected chi connectivity index (χ0v) is 15.7. The minimum Gasteiger partial charge on any atom is -0.482 e. The highest BCUT2D eigenvalue weighted by molar-refractivity contribution is 7.09. The third kappa shape index (κ3) is 5.30. The Kier molecular flexibility index (Phi) is 6.08. The molecule has 0 atom stereocenters. The molecule has 3 rings (SSSR count). The van der Waals surface area contributed by atoms with E-state index in [1.807, 2.05) is 17.5 Å². The van der Waals surface area contributed by atoms with E-state index >= 15 is 0 Å². The van der Waals surface area contributed by atoms with E-state index in [1.165, 1.54) is 4.90 Å². The smallest absolute Gasteiger partial charge is 0.344 e. The molecule has 0 bridgehead atoms. The Hall–Kier alpha value is -2.87. The zero-order valence-electron chi connectivity index (χ0n) is 14.9. The van der Waals surface area contributed by atoms with E-state index in [0.29, 0.717) is 25.1 Å². The van der Waals surface area contributed by atoms with Crippen molar-refractivity contribution in [3.05, 3.63) is 46.2 Å². The molecule has 0 fully saturated rings. The summed E-state index contributed by atoms with van der Waals surface area (Å²) in [5, 5.41) is 4.73. The van der Waals surface area contributed by atoms with Crippen molar-refractivity contribution in [3.8, 4) is 5.75 Å². The number of esters is 1. The highest BCUT2D eigenvalue weighted by atomic mass is 32.1. The number of carbonyl (C=O) groups is 3. The average Bonchev–Trinajstić information content (AvgIpc) is 3.17. The molecule has 1 aliphatic heterocycles. The third-order valence-electron chi connectivity index (χ3n) is 4.08. The summed E-state index contributed by atoms with van der Waals surface area (Å²) in [6.07, 6.45) is 1.06. The van der Waals surface area contributed by atoms with Crippen LogP contribution in [0, 0.1) is 0 Å². The van der Waals surface area contributed by atoms with Crippen LogP contribution in [0.2, 0.25) is 0 Å². The standard InChI is InChI=1S/C19H20N2O5S/c1-21(10-15-3-2-8-27-15)18(23)11-26-19(24)12-25-14-5-6-16-13(9-14)4-7-17(22)20-16/h2-3,5-6,8-9H,4,7,10-12H2,1H3,(H,20,22). The first kappa shape index (κ1) is 18.9. The van der Waals surface area contributed by atoms with E-state index < -0.39 is 5.97 Å². The van der Waals surface area contributed by atoms with Crippen LogP contribution in [-0.2, 0) is 32.1 Å². The lowest BCUT2D eigenvalue weighted by atomic mass is 10.0. The Labute approximate surface area is 160 Å². The summed E-state index contributed by atoms with van der Waals surface area (Å²) in [5.74, 6) is -0.378. The maximum atomic E-state index is 12.0. The first-order valence-corrected chi connectivity index (χ1v) is 9.37. The molecule has 2 heterocycles. The number of benzene rings is 1. The number of nitrogens with one attached hydrogen (secondary N) is 1. The molecule has 27 heavy (non-hydrogen) atoms. The number of thiophene rings is 1. The minimum atomic E-state index is -0.612. The second-order valence-corrected chi connectivity index (χ2v) is 7.18. The number of ether oxygens (including phenoxy) is 2. The summed E-state index contributed by atoms with van der Waals surface area (Å²) in [6.45, 7) is -0.121. The van der Waals surface area contributed by atoms with Crippen molar-refractivity contribution >= 4 is 34.8 Å². The average molecular weight is 388 g/mol. The number of nitrogens with zero attached hydrogens (tertiary/aromatic N) is 1. The van der Waals surface area contributed by atoms with E-state index in [1.54, 1.807) is 36.6 Å². The molecule has 8 heteroatoms. The number of amides is 2. The van der Waals surface area contributed by atoms with Gasteiger partial charge < -0.3 is 19.7 Å². The topological polar surface area (TPSA) is 84.9 Å². The maximum absolute atomic E-state index is 12.0. The molecule has 2 amide bonds. The first-order valence-electron chi connectivity index (χ1n) is 8.49. The molecule has 0 radical (unpaired) electrons. The van der Waals surface area contributed by atoms with Gasteiger partial charge in [-0.05, 0) is 41.6 Å². The Morgan fingerprint density at radius 1 is 1.22 bits per heavy atom. The van der Waals surface area contributed by atoms with Gasteiger partial charge in [0.05, 0.1) is 6.54 Å². The number of rotatable bonds is 7. The molecule has 1 N–H and O–H groups in total. The first-order chi connectivity index (χ1) is 13.0. The van der Waals surface area contributed by atoms with Crippen molar-refractivity contribution in [1.82, 2.24) is 4.90 Å². The molecule has 1 aromatic carbocycles. The predicted octanol–water partition coefficient (Wildman–Crippen LogP) is 2.21. The van der Waals surface area contributed by atoms with Gasteiger partial charge in [0.15, 0.2) is 13.2 Å². The van der Waals surface area contributed by atoms with Crippen LogP contribution in [0.5, 0.6) is 5.75 Å². The lowest BCUT2D eigenvalue weighted by molar-refractivity contribution is -0.153. The summed E-state index contributed by atoms with van der Waals surface area (Å²) in [5.41, 5.74) is 1.73. The Balaban J connectivity index is 1.42. The Morgan fingerprint density at radius 3 is 2.85 bits per heavy atom. The maximum Gasteiger partial charge on any atom is 0.344 e. The van der Waals surface area contributed by atoms with Crippen molar-refractivity contribution in [2.45, 2.75) is 19.4 Å². The van der Waals surface area contributed by atoms with Crippen LogP contribution in [0.15, 0.2) is 35.7 Å². The molecule has 1 aliphatic rings. The molecule has 0 unspecified atom stereocenters. The molecular formula is C19H20N2O5S. The zero-order chi connectivity index (χ0) is 19.2. The lowest BCUT2D eigenvalue weighted by Gasteiger charge is -2.18. The second-order valence-electron chi connectivity index (χ2n) is 6.15. The number of fused-ring (bicyclic) bond motifs is 1. The van der Waals surface area contributed by atoms with Gasteiger partial charge in [-0.3, -0.25) is 9.59 Å². The third-order valence-corrected chi connectivity index (χ3v) is 4.95. The van der Waals surface area contributed by atoms with E-state index in [2.05, 4.69) is 5.32 Å². The summed E-state index contributed by atoms with van der Waals surface area (Å²) >= 11 is 1.56. The van der Waals surface area contributed by atoms with Crippen molar-refractivity contribution in [2.24, 2.45) is 0 Å². The van der Waals surface area contributed by atoms with Crippen molar-refractivity contribution < 1.29 is 23.9 Å². The molecule has 0 aliphatic carbocycles. The number of anilines is 1. The second kappa shape index (κ2) is 8.68. The summed E-state index contributed by atoms with van der Waals surface area (Å²) in [7, 11) is 1.66. The molecule has 1 aromatic heterocycles. The fourth-order valence-electron chi connectivity index (χ4n) is 2.61. The van der Waals surface area contributed by atoms with Crippen LogP contribution in [0.3, 0.4) is 0 Å². The predicted molar refractivity (Wildman–Crippen MR) is 101 cm³/mol. The van der Waals surface area contributed by atoms with Crippen LogP contribution >= 0.6 is 11.3 Å². The lowest BCUT2D eigenvalue weighted by Crippen LogP contribution is -2.31. The molecule has 142 valence electrons. The van der Waals surface area contributed by atoms with Crippen LogP contribution in [0.25, 0.3) is 0 Å². The van der Waals surface area contributed by atoms with Crippen LogP contribution in [0.1, 0.15) is 16.9 Å². The van der Waals surface area contributed by atoms with Crippen molar-refractivity contribution in [1.29, 1.82) is 0 Å².